The number of nitrogens with zero attached hydrogens (tertiary/aromatic N) is 2. The Balaban J connectivity index is 2.24. The highest BCUT2D eigenvalue weighted by Crippen LogP contribution is 2.21. The van der Waals surface area contributed by atoms with Crippen LogP contribution in [0.1, 0.15) is 43.1 Å². The van der Waals surface area contributed by atoms with Crippen LogP contribution in [-0.2, 0) is 0 Å². The van der Waals surface area contributed by atoms with Crippen LogP contribution in [-0.4, -0.2) is 10.1 Å². The predicted octanol–water partition coefficient (Wildman–Crippen LogP) is 3.00. The Morgan fingerprint density at radius 2 is 1.88 bits per heavy atom. The van der Waals surface area contributed by atoms with E-state index in [0.717, 1.165) is 10.0 Å². The van der Waals surface area contributed by atoms with E-state index in [1.54, 1.807) is 0 Å². The third-order valence-corrected chi connectivity index (χ3v) is 2.99. The molecule has 0 radical (unpaired) electrons. The summed E-state index contributed by atoms with van der Waals surface area (Å²) >= 11 is 3.38. The van der Waals surface area contributed by atoms with Crippen LogP contribution in [0, 0.1) is 0 Å². The molecule has 0 aliphatic carbocycles. The fourth-order valence-corrected chi connectivity index (χ4v) is 1.69. The van der Waals surface area contributed by atoms with E-state index in [-0.39, 0.29) is 12.0 Å². The van der Waals surface area contributed by atoms with E-state index in [2.05, 4.69) is 26.1 Å². The standard InChI is InChI=1S/C12H14BrN3O/c1-7(2)12-15-11(16-17-12)10(14)8-3-5-9(13)6-4-8/h3-7,10H,14H2,1-2H3. The average molecular weight is 296 g/mol. The maximum absolute atomic E-state index is 6.08. The van der Waals surface area contributed by atoms with E-state index in [1.807, 2.05) is 38.1 Å². The van der Waals surface area contributed by atoms with Gasteiger partial charge in [-0.15, -0.1) is 0 Å². The number of nitrogens with two attached hydrogens (primary N) is 1. The van der Waals surface area contributed by atoms with Crippen LogP contribution >= 0.6 is 15.9 Å². The highest BCUT2D eigenvalue weighted by atomic mass is 79.9. The number of rotatable bonds is 3. The summed E-state index contributed by atoms with van der Waals surface area (Å²) in [6.07, 6.45) is 0. The van der Waals surface area contributed by atoms with E-state index < -0.39 is 0 Å². The van der Waals surface area contributed by atoms with E-state index in [0.29, 0.717) is 11.7 Å². The summed E-state index contributed by atoms with van der Waals surface area (Å²) in [4.78, 5) is 4.29. The van der Waals surface area contributed by atoms with Gasteiger partial charge in [-0.1, -0.05) is 47.1 Å². The normalized spacial score (nSPS) is 13.0. The van der Waals surface area contributed by atoms with Crippen LogP contribution < -0.4 is 5.73 Å². The monoisotopic (exact) mass is 295 g/mol. The summed E-state index contributed by atoms with van der Waals surface area (Å²) in [6, 6.07) is 7.43. The van der Waals surface area contributed by atoms with E-state index in [9.17, 15) is 0 Å². The molecule has 2 aromatic rings. The van der Waals surface area contributed by atoms with Crippen LogP contribution in [0.15, 0.2) is 33.3 Å². The zero-order chi connectivity index (χ0) is 12.4. The van der Waals surface area contributed by atoms with Gasteiger partial charge >= 0.3 is 0 Å². The van der Waals surface area contributed by atoms with Gasteiger partial charge in [-0.25, -0.2) is 0 Å². The van der Waals surface area contributed by atoms with Crippen LogP contribution in [0.25, 0.3) is 0 Å². The largest absolute Gasteiger partial charge is 0.339 e. The van der Waals surface area contributed by atoms with Crippen LogP contribution in [0.5, 0.6) is 0 Å². The molecule has 1 heterocycles. The fraction of sp³-hybridized carbons (Fsp3) is 0.333. The molecule has 0 saturated carbocycles. The second kappa shape index (κ2) is 4.98. The lowest BCUT2D eigenvalue weighted by atomic mass is 10.1. The minimum absolute atomic E-state index is 0.216. The Hall–Kier alpha value is -1.20. The quantitative estimate of drug-likeness (QED) is 0.945. The molecule has 5 heteroatoms. The Labute approximate surface area is 108 Å². The third-order valence-electron chi connectivity index (χ3n) is 2.46. The Bertz CT molecular complexity index is 493. The molecule has 0 aliphatic rings. The second-order valence-corrected chi connectivity index (χ2v) is 5.09. The summed E-state index contributed by atoms with van der Waals surface area (Å²) in [5.74, 6) is 1.36. The van der Waals surface area contributed by atoms with Gasteiger partial charge in [0.15, 0.2) is 5.82 Å². The van der Waals surface area contributed by atoms with Crippen molar-refractivity contribution < 1.29 is 4.52 Å². The first kappa shape index (κ1) is 12.3. The molecular formula is C12H14BrN3O. The maximum Gasteiger partial charge on any atom is 0.229 e. The molecule has 0 amide bonds. The SMILES string of the molecule is CC(C)c1nc(C(N)c2ccc(Br)cc2)no1. The van der Waals surface area contributed by atoms with Gasteiger partial charge in [0, 0.05) is 10.4 Å². The van der Waals surface area contributed by atoms with Gasteiger partial charge in [-0.3, -0.25) is 0 Å². The van der Waals surface area contributed by atoms with Crippen LogP contribution in [0.4, 0.5) is 0 Å². The fourth-order valence-electron chi connectivity index (χ4n) is 1.43. The van der Waals surface area contributed by atoms with Crippen molar-refractivity contribution in [3.63, 3.8) is 0 Å². The molecule has 0 saturated heterocycles. The van der Waals surface area contributed by atoms with E-state index in [4.69, 9.17) is 10.3 Å². The van der Waals surface area contributed by atoms with Gasteiger partial charge in [0.25, 0.3) is 0 Å². The molecule has 0 bridgehead atoms. The minimum Gasteiger partial charge on any atom is -0.339 e. The highest BCUT2D eigenvalue weighted by molar-refractivity contribution is 9.10. The third kappa shape index (κ3) is 2.73. The summed E-state index contributed by atoms with van der Waals surface area (Å²) in [6.45, 7) is 4.00. The van der Waals surface area contributed by atoms with Gasteiger partial charge in [0.05, 0.1) is 6.04 Å². The van der Waals surface area contributed by atoms with Crippen molar-refractivity contribution in [2.45, 2.75) is 25.8 Å². The molecule has 4 nitrogen and oxygen atoms in total. The molecule has 1 aromatic carbocycles. The number of benzene rings is 1. The number of hydrogen-bond acceptors (Lipinski definition) is 4. The smallest absolute Gasteiger partial charge is 0.229 e. The second-order valence-electron chi connectivity index (χ2n) is 4.17. The van der Waals surface area contributed by atoms with Gasteiger partial charge < -0.3 is 10.3 Å². The molecule has 90 valence electrons. The molecule has 2 N–H and O–H groups in total. The topological polar surface area (TPSA) is 64.9 Å². The minimum atomic E-state index is -0.348. The van der Waals surface area contributed by atoms with Crippen molar-refractivity contribution in [2.24, 2.45) is 5.73 Å². The molecule has 17 heavy (non-hydrogen) atoms. The lowest BCUT2D eigenvalue weighted by molar-refractivity contribution is 0.359. The van der Waals surface area contributed by atoms with Gasteiger partial charge in [-0.05, 0) is 17.7 Å². The van der Waals surface area contributed by atoms with Crippen molar-refractivity contribution in [3.8, 4) is 0 Å². The summed E-state index contributed by atoms with van der Waals surface area (Å²) in [7, 11) is 0. The van der Waals surface area contributed by atoms with Crippen molar-refractivity contribution in [2.75, 3.05) is 0 Å². The molecule has 1 unspecified atom stereocenters. The Kier molecular flexibility index (Phi) is 3.59. The van der Waals surface area contributed by atoms with Crippen molar-refractivity contribution in [1.29, 1.82) is 0 Å². The number of hydrogen-bond donors (Lipinski definition) is 1. The Morgan fingerprint density at radius 3 is 2.41 bits per heavy atom. The molecule has 1 atom stereocenters. The molecule has 0 aliphatic heterocycles. The molecule has 0 fully saturated rings. The zero-order valence-corrected chi connectivity index (χ0v) is 11.3. The van der Waals surface area contributed by atoms with Crippen LogP contribution in [0.3, 0.4) is 0 Å². The van der Waals surface area contributed by atoms with Gasteiger partial charge in [0.1, 0.15) is 0 Å². The predicted molar refractivity (Wildman–Crippen MR) is 68.6 cm³/mol. The highest BCUT2D eigenvalue weighted by Gasteiger charge is 2.17. The van der Waals surface area contributed by atoms with E-state index in [1.165, 1.54) is 0 Å². The first-order chi connectivity index (χ1) is 8.08. The Morgan fingerprint density at radius 1 is 1.24 bits per heavy atom. The number of halogens is 1. The van der Waals surface area contributed by atoms with E-state index >= 15 is 0 Å². The first-order valence-electron chi connectivity index (χ1n) is 5.42. The number of aromatic nitrogens is 2. The lowest BCUT2D eigenvalue weighted by Gasteiger charge is -2.06. The molecule has 0 spiro atoms. The van der Waals surface area contributed by atoms with Crippen molar-refractivity contribution in [3.05, 3.63) is 46.0 Å². The summed E-state index contributed by atoms with van der Waals surface area (Å²) in [5, 5.41) is 3.91. The van der Waals surface area contributed by atoms with Crippen LogP contribution in [0.2, 0.25) is 0 Å². The summed E-state index contributed by atoms with van der Waals surface area (Å²) < 4.78 is 6.16. The molecular weight excluding hydrogens is 282 g/mol. The van der Waals surface area contributed by atoms with Gasteiger partial charge in [0.2, 0.25) is 5.89 Å². The average Bonchev–Trinajstić information content (AvgIpc) is 2.78. The van der Waals surface area contributed by atoms with Gasteiger partial charge in [-0.2, -0.15) is 4.98 Å². The lowest BCUT2D eigenvalue weighted by Crippen LogP contribution is -2.13. The first-order valence-corrected chi connectivity index (χ1v) is 6.21. The van der Waals surface area contributed by atoms with Crippen molar-refractivity contribution in [1.82, 2.24) is 10.1 Å². The molecule has 1 aromatic heterocycles. The maximum atomic E-state index is 6.08. The molecule has 2 rings (SSSR count). The zero-order valence-electron chi connectivity index (χ0n) is 9.72. The summed E-state index contributed by atoms with van der Waals surface area (Å²) in [5.41, 5.74) is 7.04. The van der Waals surface area contributed by atoms with Crippen molar-refractivity contribution >= 4 is 15.9 Å².